The highest BCUT2D eigenvalue weighted by molar-refractivity contribution is 5.42. The van der Waals surface area contributed by atoms with Gasteiger partial charge in [0.1, 0.15) is 22.8 Å². The van der Waals surface area contributed by atoms with Gasteiger partial charge in [0, 0.05) is 5.56 Å². The van der Waals surface area contributed by atoms with Crippen LogP contribution in [0.4, 0.5) is 0 Å². The average Bonchev–Trinajstić information content (AvgIpc) is 2.40. The Morgan fingerprint density at radius 2 is 1.35 bits per heavy atom. The molecule has 3 nitrogen and oxygen atoms in total. The molecule has 0 heterocycles. The molecule has 2 rings (SSSR count). The zero-order valence-electron chi connectivity index (χ0n) is 14.9. The van der Waals surface area contributed by atoms with Crippen molar-refractivity contribution in [3.05, 3.63) is 54.1 Å². The second kappa shape index (κ2) is 7.40. The normalized spacial score (nSPS) is 11.4. The van der Waals surface area contributed by atoms with E-state index in [1.807, 2.05) is 71.9 Å². The van der Waals surface area contributed by atoms with Gasteiger partial charge in [0.15, 0.2) is 0 Å². The van der Waals surface area contributed by atoms with E-state index in [4.69, 9.17) is 4.74 Å². The largest absolute Gasteiger partial charge is 0.508 e. The molecular formula is C20H28O3. The lowest BCUT2D eigenvalue weighted by Gasteiger charge is -2.20. The van der Waals surface area contributed by atoms with Crippen molar-refractivity contribution in [2.24, 2.45) is 0 Å². The third kappa shape index (κ3) is 7.09. The highest BCUT2D eigenvalue weighted by atomic mass is 16.5. The molecule has 0 spiro atoms. The summed E-state index contributed by atoms with van der Waals surface area (Å²) < 4.78 is 5.60. The summed E-state index contributed by atoms with van der Waals surface area (Å²) in [5.74, 6) is 1.36. The highest BCUT2D eigenvalue weighted by Crippen LogP contribution is 2.32. The van der Waals surface area contributed by atoms with Crippen LogP contribution in [0.3, 0.4) is 0 Å². The average molecular weight is 316 g/mol. The molecule has 0 aromatic heterocycles. The second-order valence-electron chi connectivity index (χ2n) is 7.48. The molecule has 0 fully saturated rings. The molecule has 0 saturated heterocycles. The molecule has 2 N–H and O–H groups in total. The number of phenols is 2. The zero-order chi connectivity index (χ0) is 17.7. The van der Waals surface area contributed by atoms with Crippen molar-refractivity contribution in [2.45, 2.75) is 52.6 Å². The van der Waals surface area contributed by atoms with Gasteiger partial charge in [-0.15, -0.1) is 0 Å². The maximum Gasteiger partial charge on any atom is 0.120 e. The van der Waals surface area contributed by atoms with Crippen LogP contribution in [0.5, 0.6) is 17.2 Å². The summed E-state index contributed by atoms with van der Waals surface area (Å²) in [7, 11) is 0. The Kier molecular flexibility index (Phi) is 6.08. The molecule has 0 atom stereocenters. The Morgan fingerprint density at radius 3 is 1.78 bits per heavy atom. The van der Waals surface area contributed by atoms with Gasteiger partial charge in [-0.25, -0.2) is 0 Å². The van der Waals surface area contributed by atoms with E-state index in [1.54, 1.807) is 6.07 Å². The van der Waals surface area contributed by atoms with Crippen molar-refractivity contribution in [1.82, 2.24) is 0 Å². The van der Waals surface area contributed by atoms with Gasteiger partial charge in [0.2, 0.25) is 0 Å². The fourth-order valence-corrected chi connectivity index (χ4v) is 1.97. The lowest BCUT2D eigenvalue weighted by atomic mass is 9.86. The highest BCUT2D eigenvalue weighted by Gasteiger charge is 2.18. The van der Waals surface area contributed by atoms with Crippen molar-refractivity contribution in [2.75, 3.05) is 0 Å². The number of benzene rings is 2. The first-order chi connectivity index (χ1) is 10.5. The number of ether oxygens (including phenoxy) is 1. The maximum atomic E-state index is 9.46. The lowest BCUT2D eigenvalue weighted by molar-refractivity contribution is 0.131. The smallest absolute Gasteiger partial charge is 0.120 e. The Labute approximate surface area is 139 Å². The molecule has 126 valence electrons. The standard InChI is InChI=1S/C10H14O2.C10H14O/c1-10(2,3)8-6-7(11)4-5-9(8)12;1-10(2,3)11-9-7-5-4-6-8-9/h4-6,11-12H,1-3H3;4-8H,1-3H3. The fourth-order valence-electron chi connectivity index (χ4n) is 1.97. The van der Waals surface area contributed by atoms with Crippen LogP contribution in [-0.4, -0.2) is 15.8 Å². The third-order valence-electron chi connectivity index (χ3n) is 2.96. The van der Waals surface area contributed by atoms with Crippen molar-refractivity contribution >= 4 is 0 Å². The molecule has 0 bridgehead atoms. The van der Waals surface area contributed by atoms with Gasteiger partial charge in [-0.2, -0.15) is 0 Å². The van der Waals surface area contributed by atoms with E-state index in [-0.39, 0.29) is 22.5 Å². The number of hydrogen-bond donors (Lipinski definition) is 2. The molecular weight excluding hydrogens is 288 g/mol. The SMILES string of the molecule is CC(C)(C)Oc1ccccc1.CC(C)(C)c1cc(O)ccc1O. The number of rotatable bonds is 1. The first-order valence-corrected chi connectivity index (χ1v) is 7.75. The van der Waals surface area contributed by atoms with Crippen LogP contribution in [0.25, 0.3) is 0 Å². The molecule has 0 aliphatic rings. The van der Waals surface area contributed by atoms with Crippen LogP contribution in [0, 0.1) is 0 Å². The molecule has 0 aliphatic heterocycles. The Balaban J connectivity index is 0.000000231. The number of hydrogen-bond acceptors (Lipinski definition) is 3. The quantitative estimate of drug-likeness (QED) is 0.706. The first kappa shape index (κ1) is 18.9. The van der Waals surface area contributed by atoms with Crippen molar-refractivity contribution < 1.29 is 14.9 Å². The van der Waals surface area contributed by atoms with Gasteiger partial charge in [-0.3, -0.25) is 0 Å². The summed E-state index contributed by atoms with van der Waals surface area (Å²) in [6.07, 6.45) is 0. The minimum Gasteiger partial charge on any atom is -0.508 e. The fraction of sp³-hybridized carbons (Fsp3) is 0.400. The van der Waals surface area contributed by atoms with E-state index < -0.39 is 0 Å². The van der Waals surface area contributed by atoms with E-state index in [2.05, 4.69) is 0 Å². The summed E-state index contributed by atoms with van der Waals surface area (Å²) in [4.78, 5) is 0. The van der Waals surface area contributed by atoms with Crippen LogP contribution in [0.2, 0.25) is 0 Å². The molecule has 0 radical (unpaired) electrons. The molecule has 2 aromatic rings. The molecule has 0 aliphatic carbocycles. The minimum absolute atomic E-state index is 0.0959. The topological polar surface area (TPSA) is 49.7 Å². The zero-order valence-corrected chi connectivity index (χ0v) is 14.9. The molecule has 0 saturated carbocycles. The molecule has 23 heavy (non-hydrogen) atoms. The van der Waals surface area contributed by atoms with Crippen LogP contribution < -0.4 is 4.74 Å². The summed E-state index contributed by atoms with van der Waals surface area (Å²) in [5, 5.41) is 18.6. The van der Waals surface area contributed by atoms with E-state index >= 15 is 0 Å². The minimum atomic E-state index is -0.136. The van der Waals surface area contributed by atoms with Crippen molar-refractivity contribution in [1.29, 1.82) is 0 Å². The van der Waals surface area contributed by atoms with Gasteiger partial charge in [-0.05, 0) is 56.5 Å². The Bertz CT molecular complexity index is 605. The van der Waals surface area contributed by atoms with E-state index in [1.165, 1.54) is 12.1 Å². The molecule has 0 unspecified atom stereocenters. The van der Waals surface area contributed by atoms with Crippen LogP contribution in [-0.2, 0) is 5.41 Å². The van der Waals surface area contributed by atoms with Gasteiger partial charge in [-0.1, -0.05) is 39.0 Å². The lowest BCUT2D eigenvalue weighted by Crippen LogP contribution is -2.22. The van der Waals surface area contributed by atoms with E-state index in [0.717, 1.165) is 11.3 Å². The number of phenolic OH excluding ortho intramolecular Hbond substituents is 2. The maximum absolute atomic E-state index is 9.46. The van der Waals surface area contributed by atoms with Crippen molar-refractivity contribution in [3.63, 3.8) is 0 Å². The Morgan fingerprint density at radius 1 is 0.783 bits per heavy atom. The summed E-state index contributed by atoms with van der Waals surface area (Å²) >= 11 is 0. The van der Waals surface area contributed by atoms with Crippen LogP contribution in [0.1, 0.15) is 47.1 Å². The third-order valence-corrected chi connectivity index (χ3v) is 2.96. The van der Waals surface area contributed by atoms with E-state index in [0.29, 0.717) is 0 Å². The summed E-state index contributed by atoms with van der Waals surface area (Å²) in [6.45, 7) is 12.1. The predicted octanol–water partition coefficient (Wildman–Crippen LogP) is 5.26. The predicted molar refractivity (Wildman–Crippen MR) is 95.3 cm³/mol. The van der Waals surface area contributed by atoms with Gasteiger partial charge in [0.05, 0.1) is 0 Å². The number of aromatic hydroxyl groups is 2. The molecule has 0 amide bonds. The van der Waals surface area contributed by atoms with Crippen molar-refractivity contribution in [3.8, 4) is 17.2 Å². The Hall–Kier alpha value is -2.16. The van der Waals surface area contributed by atoms with Gasteiger partial charge in [0.25, 0.3) is 0 Å². The first-order valence-electron chi connectivity index (χ1n) is 7.75. The summed E-state index contributed by atoms with van der Waals surface area (Å²) in [5.41, 5.74) is 0.534. The summed E-state index contributed by atoms with van der Waals surface area (Å²) in [6, 6.07) is 14.4. The van der Waals surface area contributed by atoms with Gasteiger partial charge >= 0.3 is 0 Å². The second-order valence-corrected chi connectivity index (χ2v) is 7.48. The monoisotopic (exact) mass is 316 g/mol. The van der Waals surface area contributed by atoms with Crippen LogP contribution >= 0.6 is 0 Å². The molecule has 2 aromatic carbocycles. The molecule has 3 heteroatoms. The van der Waals surface area contributed by atoms with Gasteiger partial charge < -0.3 is 14.9 Å². The van der Waals surface area contributed by atoms with Crippen LogP contribution in [0.15, 0.2) is 48.5 Å². The van der Waals surface area contributed by atoms with E-state index in [9.17, 15) is 10.2 Å². The number of para-hydroxylation sites is 1.